The highest BCUT2D eigenvalue weighted by atomic mass is 35.5. The first-order valence-electron chi connectivity index (χ1n) is 16.0. The van der Waals surface area contributed by atoms with Gasteiger partial charge in [-0.05, 0) is 43.3 Å². The molecule has 0 saturated carbocycles. The van der Waals surface area contributed by atoms with E-state index in [1.54, 1.807) is 6.07 Å². The lowest BCUT2D eigenvalue weighted by molar-refractivity contribution is -0.131. The summed E-state index contributed by atoms with van der Waals surface area (Å²) in [6, 6.07) is 10.5. The first kappa shape index (κ1) is 31.5. The van der Waals surface area contributed by atoms with E-state index in [0.29, 0.717) is 50.2 Å². The molecule has 2 aromatic carbocycles. The maximum atomic E-state index is 14.6. The highest BCUT2D eigenvalue weighted by Crippen LogP contribution is 2.41. The van der Waals surface area contributed by atoms with Crippen molar-refractivity contribution in [3.8, 4) is 12.1 Å². The van der Waals surface area contributed by atoms with Crippen molar-refractivity contribution in [3.63, 3.8) is 0 Å². The number of anilines is 2. The van der Waals surface area contributed by atoms with E-state index in [1.807, 2.05) is 23.1 Å². The fourth-order valence-corrected chi connectivity index (χ4v) is 8.14. The van der Waals surface area contributed by atoms with Crippen LogP contribution in [-0.2, 0) is 17.8 Å². The summed E-state index contributed by atoms with van der Waals surface area (Å²) in [6.45, 7) is 6.40. The van der Waals surface area contributed by atoms with E-state index in [4.69, 9.17) is 26.3 Å². The Labute approximate surface area is 276 Å². The summed E-state index contributed by atoms with van der Waals surface area (Å²) in [6.07, 6.45) is 1.89. The Morgan fingerprint density at radius 2 is 2.00 bits per heavy atom. The lowest BCUT2D eigenvalue weighted by Gasteiger charge is -2.42. The molecule has 0 N–H and O–H groups in total. The van der Waals surface area contributed by atoms with Crippen molar-refractivity contribution in [1.29, 1.82) is 5.26 Å². The Hall–Kier alpha value is -4.08. The molecule has 0 unspecified atom stereocenters. The fraction of sp³-hybridized carbons (Fsp3) is 0.471. The van der Waals surface area contributed by atoms with E-state index in [0.717, 1.165) is 41.7 Å². The van der Waals surface area contributed by atoms with Gasteiger partial charge >= 0.3 is 6.01 Å². The van der Waals surface area contributed by atoms with Gasteiger partial charge in [-0.2, -0.15) is 15.2 Å². The van der Waals surface area contributed by atoms with Crippen LogP contribution in [0.5, 0.6) is 6.01 Å². The van der Waals surface area contributed by atoms with Crippen LogP contribution in [-0.4, -0.2) is 89.3 Å². The molecule has 3 saturated heterocycles. The van der Waals surface area contributed by atoms with Gasteiger partial charge in [-0.15, -0.1) is 0 Å². The molecule has 5 heterocycles. The van der Waals surface area contributed by atoms with E-state index < -0.39 is 35.3 Å². The summed E-state index contributed by atoms with van der Waals surface area (Å²) >= 11 is 6.49. The molecule has 1 aromatic heterocycles. The first-order valence-corrected chi connectivity index (χ1v) is 16.4. The van der Waals surface area contributed by atoms with E-state index in [2.05, 4.69) is 22.4 Å². The van der Waals surface area contributed by atoms with Crippen molar-refractivity contribution in [3.05, 3.63) is 64.8 Å². The van der Waals surface area contributed by atoms with Gasteiger partial charge in [0.2, 0.25) is 0 Å². The number of piperazine rings is 1. The number of amides is 1. The quantitative estimate of drug-likeness (QED) is 0.312. The van der Waals surface area contributed by atoms with E-state index >= 15 is 0 Å². The van der Waals surface area contributed by atoms with Crippen molar-refractivity contribution < 1.29 is 22.7 Å². The first-order chi connectivity index (χ1) is 22.7. The second-order valence-corrected chi connectivity index (χ2v) is 13.3. The molecule has 0 bridgehead atoms. The molecule has 3 atom stereocenters. The average molecular weight is 666 g/mol. The maximum absolute atomic E-state index is 14.6. The normalized spacial score (nSPS) is 24.3. The predicted molar refractivity (Wildman–Crippen MR) is 172 cm³/mol. The zero-order valence-electron chi connectivity index (χ0n) is 25.9. The van der Waals surface area contributed by atoms with Crippen LogP contribution in [0, 0.1) is 17.1 Å². The Balaban J connectivity index is 1.24. The highest BCUT2D eigenvalue weighted by molar-refractivity contribution is 6.36. The zero-order valence-corrected chi connectivity index (χ0v) is 26.7. The zero-order chi connectivity index (χ0) is 32.9. The second kappa shape index (κ2) is 12.5. The number of aromatic nitrogens is 2. The van der Waals surface area contributed by atoms with Crippen LogP contribution in [0.4, 0.5) is 24.7 Å². The lowest BCUT2D eigenvalue weighted by atomic mass is 9.95. The number of ether oxygens (including phenoxy) is 1. The average Bonchev–Trinajstić information content (AvgIpc) is 3.60. The third-order valence-corrected chi connectivity index (χ3v) is 10.5. The number of hydrogen-bond acceptors (Lipinski definition) is 8. The number of carbonyl (C=O) groups excluding carboxylic acids is 1. The Morgan fingerprint density at radius 3 is 2.81 bits per heavy atom. The largest absolute Gasteiger partial charge is 0.461 e. The molecule has 0 radical (unpaired) electrons. The van der Waals surface area contributed by atoms with Crippen LogP contribution in [0.2, 0.25) is 5.02 Å². The fourth-order valence-electron chi connectivity index (χ4n) is 7.87. The van der Waals surface area contributed by atoms with E-state index in [-0.39, 0.29) is 37.2 Å². The number of nitrogens with zero attached hydrogens (tertiary/aromatic N) is 7. The molecule has 3 aromatic rings. The Morgan fingerprint density at radius 1 is 1.15 bits per heavy atom. The summed E-state index contributed by atoms with van der Waals surface area (Å²) in [7, 11) is 0. The Bertz CT molecular complexity index is 1790. The lowest BCUT2D eigenvalue weighted by Crippen LogP contribution is -2.55. The molecule has 4 aliphatic rings. The van der Waals surface area contributed by atoms with Gasteiger partial charge in [0.15, 0.2) is 5.83 Å². The van der Waals surface area contributed by atoms with Gasteiger partial charge in [0, 0.05) is 55.8 Å². The van der Waals surface area contributed by atoms with Gasteiger partial charge in [-0.3, -0.25) is 9.69 Å². The molecule has 1 amide bonds. The number of alkyl halides is 1. The number of rotatable bonds is 7. The number of carbonyl (C=O) groups is 1. The van der Waals surface area contributed by atoms with Gasteiger partial charge in [-0.25, -0.2) is 13.2 Å². The van der Waals surface area contributed by atoms with Crippen molar-refractivity contribution in [1.82, 2.24) is 19.8 Å². The summed E-state index contributed by atoms with van der Waals surface area (Å²) in [5.41, 5.74) is 2.02. The number of halogens is 4. The number of hydrogen-bond donors (Lipinski definition) is 0. The molecule has 0 aliphatic carbocycles. The third-order valence-electron chi connectivity index (χ3n) is 10.1. The molecule has 13 heteroatoms. The van der Waals surface area contributed by atoms with Gasteiger partial charge in [0.1, 0.15) is 24.4 Å². The SMILES string of the molecule is C=C(F)C(=O)N1CCN(c2nc(OC[C@@]34CCCN3C[C@H](F)C4)nc3c2CCN(c2cccc4ccc(F)c(Cl)c24)C3)C[C@@H]1CC#N. The molecule has 0 spiro atoms. The van der Waals surface area contributed by atoms with Crippen LogP contribution < -0.4 is 14.5 Å². The van der Waals surface area contributed by atoms with Gasteiger partial charge < -0.3 is 19.4 Å². The van der Waals surface area contributed by atoms with Crippen LogP contribution in [0.25, 0.3) is 10.8 Å². The van der Waals surface area contributed by atoms with Crippen LogP contribution in [0.15, 0.2) is 42.7 Å². The van der Waals surface area contributed by atoms with Crippen molar-refractivity contribution in [2.24, 2.45) is 0 Å². The second-order valence-electron chi connectivity index (χ2n) is 12.9. The predicted octanol–water partition coefficient (Wildman–Crippen LogP) is 5.35. The molecule has 7 rings (SSSR count). The van der Waals surface area contributed by atoms with E-state index in [9.17, 15) is 23.2 Å². The van der Waals surface area contributed by atoms with Crippen molar-refractivity contribution in [2.75, 3.05) is 55.7 Å². The topological polar surface area (TPSA) is 88.8 Å². The van der Waals surface area contributed by atoms with Crippen LogP contribution in [0.3, 0.4) is 0 Å². The monoisotopic (exact) mass is 665 g/mol. The van der Waals surface area contributed by atoms with Gasteiger partial charge in [-0.1, -0.05) is 36.4 Å². The van der Waals surface area contributed by atoms with Crippen LogP contribution >= 0.6 is 11.6 Å². The summed E-state index contributed by atoms with van der Waals surface area (Å²) < 4.78 is 49.3. The number of fused-ring (bicyclic) bond motifs is 3. The van der Waals surface area contributed by atoms with Gasteiger partial charge in [0.05, 0.1) is 41.3 Å². The molecule has 4 aliphatic heterocycles. The van der Waals surface area contributed by atoms with Crippen molar-refractivity contribution in [2.45, 2.75) is 56.4 Å². The smallest absolute Gasteiger partial charge is 0.318 e. The molecule has 246 valence electrons. The number of nitriles is 1. The molecular weight excluding hydrogens is 631 g/mol. The minimum Gasteiger partial charge on any atom is -0.461 e. The van der Waals surface area contributed by atoms with Gasteiger partial charge in [0.25, 0.3) is 5.91 Å². The van der Waals surface area contributed by atoms with E-state index in [1.165, 1.54) is 11.0 Å². The standard InChI is InChI=1S/C34H35ClF3N7O2/c1-21(36)32(46)45-15-14-43(18-24(45)8-11-39)31-25-9-13-42(28-5-2-4-22-6-7-26(38)30(35)29(22)28)19-27(25)40-33(41-31)47-20-34-10-3-12-44(34)17-23(37)16-34/h2,4-7,23-24H,1,3,8-10,12-20H2/t23-,24+,34+/m1/s1. The summed E-state index contributed by atoms with van der Waals surface area (Å²) in [4.78, 5) is 30.0. The molecule has 47 heavy (non-hydrogen) atoms. The molecular formula is C34H35ClF3N7O2. The third kappa shape index (κ3) is 5.74. The summed E-state index contributed by atoms with van der Waals surface area (Å²) in [5.74, 6) is -1.74. The minimum absolute atomic E-state index is 0.0150. The highest BCUT2D eigenvalue weighted by Gasteiger charge is 2.49. The van der Waals surface area contributed by atoms with Crippen LogP contribution in [0.1, 0.15) is 36.9 Å². The minimum atomic E-state index is -1.06. The Kier molecular flexibility index (Phi) is 8.39. The van der Waals surface area contributed by atoms with Crippen molar-refractivity contribution >= 4 is 39.8 Å². The summed E-state index contributed by atoms with van der Waals surface area (Å²) in [5, 5.41) is 11.0. The maximum Gasteiger partial charge on any atom is 0.318 e. The number of benzene rings is 2. The molecule has 9 nitrogen and oxygen atoms in total. The molecule has 3 fully saturated rings.